The summed E-state index contributed by atoms with van der Waals surface area (Å²) in [6.07, 6.45) is 0. The predicted octanol–water partition coefficient (Wildman–Crippen LogP) is 1.55. The highest BCUT2D eigenvalue weighted by Gasteiger charge is 1.98. The Morgan fingerprint density at radius 1 is 1.55 bits per heavy atom. The summed E-state index contributed by atoms with van der Waals surface area (Å²) in [4.78, 5) is 0. The van der Waals surface area contributed by atoms with E-state index in [-0.39, 0.29) is 5.82 Å². The first-order valence-corrected chi connectivity index (χ1v) is 3.90. The summed E-state index contributed by atoms with van der Waals surface area (Å²) in [5.41, 5.74) is 3.43. The van der Waals surface area contributed by atoms with Crippen molar-refractivity contribution in [2.75, 3.05) is 0 Å². The minimum atomic E-state index is -0.259. The first-order valence-electron chi connectivity index (χ1n) is 3.11. The fraction of sp³-hybridized carbons (Fsp3) is 0.143. The van der Waals surface area contributed by atoms with Crippen LogP contribution in [0, 0.1) is 5.82 Å². The van der Waals surface area contributed by atoms with Crippen molar-refractivity contribution in [3.05, 3.63) is 34.1 Å². The molecule has 0 radical (unpaired) electrons. The Labute approximate surface area is 72.7 Å². The van der Waals surface area contributed by atoms with Crippen LogP contribution in [0.5, 0.6) is 0 Å². The second kappa shape index (κ2) is 3.80. The maximum absolute atomic E-state index is 12.6. The lowest BCUT2D eigenvalue weighted by Gasteiger charge is -2.00. The van der Waals surface area contributed by atoms with E-state index in [0.717, 1.165) is 5.56 Å². The van der Waals surface area contributed by atoms with E-state index in [2.05, 4.69) is 21.4 Å². The summed E-state index contributed by atoms with van der Waals surface area (Å²) < 4.78 is 13.1. The molecule has 0 amide bonds. The Morgan fingerprint density at radius 3 is 2.82 bits per heavy atom. The van der Waals surface area contributed by atoms with E-state index in [1.54, 1.807) is 12.1 Å². The molecule has 0 saturated carbocycles. The molecule has 0 atom stereocenters. The molecular weight excluding hydrogens is 211 g/mol. The van der Waals surface area contributed by atoms with Crippen molar-refractivity contribution in [1.29, 1.82) is 0 Å². The second-order valence-corrected chi connectivity index (χ2v) is 2.98. The molecule has 0 aliphatic heterocycles. The fourth-order valence-electron chi connectivity index (χ4n) is 0.767. The van der Waals surface area contributed by atoms with E-state index in [4.69, 9.17) is 5.84 Å². The third-order valence-electron chi connectivity index (χ3n) is 1.29. The average Bonchev–Trinajstić information content (AvgIpc) is 1.98. The Hall–Kier alpha value is -0.450. The van der Waals surface area contributed by atoms with Crippen LogP contribution in [0.4, 0.5) is 4.39 Å². The van der Waals surface area contributed by atoms with Gasteiger partial charge < -0.3 is 0 Å². The van der Waals surface area contributed by atoms with Crippen LogP contribution >= 0.6 is 15.9 Å². The molecule has 0 saturated heterocycles. The van der Waals surface area contributed by atoms with E-state index >= 15 is 0 Å². The number of rotatable bonds is 2. The largest absolute Gasteiger partial charge is 0.271 e. The normalized spacial score (nSPS) is 10.1. The molecule has 0 spiro atoms. The molecule has 0 aliphatic rings. The molecule has 0 aromatic heterocycles. The molecule has 0 bridgehead atoms. The molecule has 0 aliphatic carbocycles. The van der Waals surface area contributed by atoms with Crippen LogP contribution < -0.4 is 11.3 Å². The maximum Gasteiger partial charge on any atom is 0.137 e. The standard InChI is InChI=1S/C7H8BrFN2/c8-6-3-5(4-11-10)1-2-7(6)9/h1-3,11H,4,10H2. The first kappa shape index (κ1) is 8.64. The third-order valence-corrected chi connectivity index (χ3v) is 1.90. The average molecular weight is 219 g/mol. The van der Waals surface area contributed by atoms with Crippen LogP contribution in [0.2, 0.25) is 0 Å². The monoisotopic (exact) mass is 218 g/mol. The molecule has 1 aromatic rings. The molecule has 2 nitrogen and oxygen atoms in total. The van der Waals surface area contributed by atoms with Gasteiger partial charge in [-0.05, 0) is 33.6 Å². The van der Waals surface area contributed by atoms with Crippen LogP contribution in [-0.2, 0) is 6.54 Å². The third kappa shape index (κ3) is 2.25. The number of hydrogen-bond acceptors (Lipinski definition) is 2. The van der Waals surface area contributed by atoms with Gasteiger partial charge in [-0.15, -0.1) is 0 Å². The molecule has 1 aromatic carbocycles. The molecule has 1 rings (SSSR count). The topological polar surface area (TPSA) is 38.0 Å². The molecule has 4 heteroatoms. The number of benzene rings is 1. The minimum Gasteiger partial charge on any atom is -0.271 e. The van der Waals surface area contributed by atoms with Crippen LogP contribution in [-0.4, -0.2) is 0 Å². The number of nitrogens with two attached hydrogens (primary N) is 1. The van der Waals surface area contributed by atoms with Gasteiger partial charge in [0.2, 0.25) is 0 Å². The Kier molecular flexibility index (Phi) is 2.99. The summed E-state index contributed by atoms with van der Waals surface area (Å²) in [5, 5.41) is 0. The Balaban J connectivity index is 2.86. The summed E-state index contributed by atoms with van der Waals surface area (Å²) in [6.45, 7) is 0.541. The Bertz CT molecular complexity index is 252. The highest BCUT2D eigenvalue weighted by Crippen LogP contribution is 2.16. The van der Waals surface area contributed by atoms with Crippen molar-refractivity contribution in [2.45, 2.75) is 6.54 Å². The summed E-state index contributed by atoms with van der Waals surface area (Å²) in [6, 6.07) is 4.77. The fourth-order valence-corrected chi connectivity index (χ4v) is 1.19. The second-order valence-electron chi connectivity index (χ2n) is 2.13. The van der Waals surface area contributed by atoms with Crippen molar-refractivity contribution < 1.29 is 4.39 Å². The van der Waals surface area contributed by atoms with Crippen LogP contribution in [0.1, 0.15) is 5.56 Å². The quantitative estimate of drug-likeness (QED) is 0.585. The molecular formula is C7H8BrFN2. The smallest absolute Gasteiger partial charge is 0.137 e. The Morgan fingerprint density at radius 2 is 2.27 bits per heavy atom. The van der Waals surface area contributed by atoms with Gasteiger partial charge in [0, 0.05) is 6.54 Å². The van der Waals surface area contributed by atoms with Gasteiger partial charge in [-0.25, -0.2) is 4.39 Å². The van der Waals surface area contributed by atoms with Crippen molar-refractivity contribution in [3.8, 4) is 0 Å². The van der Waals surface area contributed by atoms with Gasteiger partial charge in [0.05, 0.1) is 4.47 Å². The van der Waals surface area contributed by atoms with Crippen molar-refractivity contribution in [2.24, 2.45) is 5.84 Å². The molecule has 0 unspecified atom stereocenters. The molecule has 11 heavy (non-hydrogen) atoms. The van der Waals surface area contributed by atoms with E-state index in [9.17, 15) is 4.39 Å². The summed E-state index contributed by atoms with van der Waals surface area (Å²) in [5.74, 6) is 4.83. The van der Waals surface area contributed by atoms with Crippen molar-refractivity contribution in [3.63, 3.8) is 0 Å². The lowest BCUT2D eigenvalue weighted by molar-refractivity contribution is 0.619. The van der Waals surface area contributed by atoms with E-state index in [0.29, 0.717) is 11.0 Å². The lowest BCUT2D eigenvalue weighted by atomic mass is 10.2. The SMILES string of the molecule is NNCc1ccc(F)c(Br)c1. The minimum absolute atomic E-state index is 0.259. The summed E-state index contributed by atoms with van der Waals surface area (Å²) >= 11 is 3.07. The predicted molar refractivity (Wildman–Crippen MR) is 45.1 cm³/mol. The number of hydrazine groups is 1. The highest BCUT2D eigenvalue weighted by atomic mass is 79.9. The zero-order valence-corrected chi connectivity index (χ0v) is 7.36. The molecule has 0 fully saturated rings. The van der Waals surface area contributed by atoms with E-state index in [1.165, 1.54) is 6.07 Å². The molecule has 60 valence electrons. The van der Waals surface area contributed by atoms with E-state index < -0.39 is 0 Å². The van der Waals surface area contributed by atoms with Gasteiger partial charge in [0.1, 0.15) is 5.82 Å². The van der Waals surface area contributed by atoms with Crippen LogP contribution in [0.3, 0.4) is 0 Å². The maximum atomic E-state index is 12.6. The van der Waals surface area contributed by atoms with Gasteiger partial charge in [-0.1, -0.05) is 6.07 Å². The summed E-state index contributed by atoms with van der Waals surface area (Å²) in [7, 11) is 0. The van der Waals surface area contributed by atoms with E-state index in [1.807, 2.05) is 0 Å². The number of hydrogen-bond donors (Lipinski definition) is 2. The van der Waals surface area contributed by atoms with Crippen LogP contribution in [0.15, 0.2) is 22.7 Å². The number of halogens is 2. The van der Waals surface area contributed by atoms with Gasteiger partial charge in [0.25, 0.3) is 0 Å². The first-order chi connectivity index (χ1) is 5.24. The van der Waals surface area contributed by atoms with Gasteiger partial charge in [0.15, 0.2) is 0 Å². The number of nitrogens with one attached hydrogen (secondary N) is 1. The zero-order valence-electron chi connectivity index (χ0n) is 5.77. The highest BCUT2D eigenvalue weighted by molar-refractivity contribution is 9.10. The van der Waals surface area contributed by atoms with Crippen molar-refractivity contribution >= 4 is 15.9 Å². The van der Waals surface area contributed by atoms with Crippen molar-refractivity contribution in [1.82, 2.24) is 5.43 Å². The molecule has 3 N–H and O–H groups in total. The van der Waals surface area contributed by atoms with Gasteiger partial charge in [-0.2, -0.15) is 0 Å². The van der Waals surface area contributed by atoms with Gasteiger partial charge in [-0.3, -0.25) is 11.3 Å². The van der Waals surface area contributed by atoms with Gasteiger partial charge >= 0.3 is 0 Å². The van der Waals surface area contributed by atoms with Crippen LogP contribution in [0.25, 0.3) is 0 Å². The molecule has 0 heterocycles. The zero-order chi connectivity index (χ0) is 8.27. The lowest BCUT2D eigenvalue weighted by Crippen LogP contribution is -2.20.